The number of carbonyl (C=O) groups excluding carboxylic acids is 1. The summed E-state index contributed by atoms with van der Waals surface area (Å²) in [6.45, 7) is 6.42. The predicted molar refractivity (Wildman–Crippen MR) is 66.5 cm³/mol. The maximum Gasteiger partial charge on any atom is 0.310 e. The molecule has 2 aliphatic rings. The Morgan fingerprint density at radius 3 is 2.45 bits per heavy atom. The summed E-state index contributed by atoms with van der Waals surface area (Å²) in [5, 5.41) is 18.9. The number of fused-ring (bicyclic) bond motifs is 1. The van der Waals surface area contributed by atoms with Gasteiger partial charge >= 0.3 is 5.97 Å². The van der Waals surface area contributed by atoms with Crippen molar-refractivity contribution in [1.82, 2.24) is 0 Å². The van der Waals surface area contributed by atoms with Crippen molar-refractivity contribution in [3.8, 4) is 0 Å². The van der Waals surface area contributed by atoms with Crippen molar-refractivity contribution in [2.24, 2.45) is 5.92 Å². The van der Waals surface area contributed by atoms with Crippen LogP contribution in [0.4, 0.5) is 0 Å². The number of hydrogen-bond acceptors (Lipinski definition) is 7. The Labute approximate surface area is 117 Å². The van der Waals surface area contributed by atoms with Crippen LogP contribution in [0.3, 0.4) is 0 Å². The SMILES string of the molecule is CC(C)C(=O)O[C@H]1O[C@H](C(O)CO)[C@@H]2OC(C)(C)O[C@H]12. The molecule has 0 aromatic heterocycles. The van der Waals surface area contributed by atoms with Gasteiger partial charge in [-0.25, -0.2) is 0 Å². The average Bonchev–Trinajstić information content (AvgIpc) is 2.83. The zero-order chi connectivity index (χ0) is 15.1. The molecule has 2 fully saturated rings. The Morgan fingerprint density at radius 1 is 1.30 bits per heavy atom. The largest absolute Gasteiger partial charge is 0.433 e. The Kier molecular flexibility index (Phi) is 4.36. The summed E-state index contributed by atoms with van der Waals surface area (Å²) in [6.07, 6.45) is -4.06. The van der Waals surface area contributed by atoms with Gasteiger partial charge in [-0.1, -0.05) is 13.8 Å². The van der Waals surface area contributed by atoms with Gasteiger partial charge in [0.25, 0.3) is 0 Å². The van der Waals surface area contributed by atoms with E-state index in [0.29, 0.717) is 0 Å². The monoisotopic (exact) mass is 290 g/mol. The lowest BCUT2D eigenvalue weighted by Gasteiger charge is -2.25. The molecule has 0 aliphatic carbocycles. The fourth-order valence-electron chi connectivity index (χ4n) is 2.35. The molecule has 2 saturated heterocycles. The van der Waals surface area contributed by atoms with Crippen LogP contribution in [0, 0.1) is 5.92 Å². The Balaban J connectivity index is 2.12. The first-order valence-electron chi connectivity index (χ1n) is 6.75. The summed E-state index contributed by atoms with van der Waals surface area (Å²) in [6, 6.07) is 0. The zero-order valence-corrected chi connectivity index (χ0v) is 12.1. The molecule has 1 unspecified atom stereocenters. The minimum Gasteiger partial charge on any atom is -0.433 e. The molecule has 7 heteroatoms. The van der Waals surface area contributed by atoms with Crippen LogP contribution in [0.25, 0.3) is 0 Å². The fraction of sp³-hybridized carbons (Fsp3) is 0.923. The molecule has 0 aromatic carbocycles. The molecule has 2 aliphatic heterocycles. The van der Waals surface area contributed by atoms with Crippen LogP contribution in [0.5, 0.6) is 0 Å². The van der Waals surface area contributed by atoms with Crippen molar-refractivity contribution in [3.05, 3.63) is 0 Å². The standard InChI is InChI=1S/C13H22O7/c1-6(2)11(16)18-12-10-9(19-13(3,4)20-10)8(17-12)7(15)5-14/h6-10,12,14-15H,5H2,1-4H3/t7?,8-,9+,10+,12-/m1/s1. The van der Waals surface area contributed by atoms with Gasteiger partial charge in [-0.15, -0.1) is 0 Å². The first-order valence-corrected chi connectivity index (χ1v) is 6.75. The molecule has 0 radical (unpaired) electrons. The van der Waals surface area contributed by atoms with Crippen LogP contribution in [0.15, 0.2) is 0 Å². The van der Waals surface area contributed by atoms with Crippen LogP contribution in [-0.2, 0) is 23.7 Å². The van der Waals surface area contributed by atoms with Crippen LogP contribution in [0.2, 0.25) is 0 Å². The molecule has 2 N–H and O–H groups in total. The van der Waals surface area contributed by atoms with E-state index in [1.165, 1.54) is 0 Å². The lowest BCUT2D eigenvalue weighted by Crippen LogP contribution is -2.40. The molecule has 0 aromatic rings. The number of rotatable bonds is 4. The summed E-state index contributed by atoms with van der Waals surface area (Å²) in [7, 11) is 0. The highest BCUT2D eigenvalue weighted by Crippen LogP contribution is 2.40. The topological polar surface area (TPSA) is 94.5 Å². The highest BCUT2D eigenvalue weighted by molar-refractivity contribution is 5.71. The average molecular weight is 290 g/mol. The molecule has 7 nitrogen and oxygen atoms in total. The summed E-state index contributed by atoms with van der Waals surface area (Å²) in [4.78, 5) is 11.7. The van der Waals surface area contributed by atoms with Crippen LogP contribution in [-0.4, -0.2) is 59.3 Å². The van der Waals surface area contributed by atoms with Gasteiger partial charge in [0.1, 0.15) is 18.3 Å². The molecule has 116 valence electrons. The van der Waals surface area contributed by atoms with Crippen LogP contribution >= 0.6 is 0 Å². The van der Waals surface area contributed by atoms with Gasteiger partial charge in [0.15, 0.2) is 11.9 Å². The van der Waals surface area contributed by atoms with Crippen LogP contribution in [0.1, 0.15) is 27.7 Å². The molecule has 0 amide bonds. The fourth-order valence-corrected chi connectivity index (χ4v) is 2.35. The maximum absolute atomic E-state index is 11.7. The second-order valence-electron chi connectivity index (χ2n) is 5.88. The highest BCUT2D eigenvalue weighted by Gasteiger charge is 2.58. The number of aliphatic hydroxyl groups excluding tert-OH is 2. The minimum atomic E-state index is -1.12. The van der Waals surface area contributed by atoms with Crippen molar-refractivity contribution in [1.29, 1.82) is 0 Å². The summed E-state index contributed by atoms with van der Waals surface area (Å²) >= 11 is 0. The molecule has 0 spiro atoms. The lowest BCUT2D eigenvalue weighted by molar-refractivity contribution is -0.242. The maximum atomic E-state index is 11.7. The number of carbonyl (C=O) groups is 1. The van der Waals surface area contributed by atoms with Crippen molar-refractivity contribution >= 4 is 5.97 Å². The summed E-state index contributed by atoms with van der Waals surface area (Å²) < 4.78 is 22.1. The van der Waals surface area contributed by atoms with E-state index in [2.05, 4.69) is 0 Å². The summed E-state index contributed by atoms with van der Waals surface area (Å²) in [5.41, 5.74) is 0. The minimum absolute atomic E-state index is 0.297. The quantitative estimate of drug-likeness (QED) is 0.691. The van der Waals surface area contributed by atoms with Crippen molar-refractivity contribution in [2.45, 2.75) is 64.2 Å². The number of aliphatic hydroxyl groups is 2. The van der Waals surface area contributed by atoms with E-state index in [1.807, 2.05) is 0 Å². The second kappa shape index (κ2) is 5.57. The molecule has 5 atom stereocenters. The predicted octanol–water partition coefficient (Wildman–Crippen LogP) is -0.216. The lowest BCUT2D eigenvalue weighted by atomic mass is 10.1. The van der Waals surface area contributed by atoms with Gasteiger partial charge in [-0.3, -0.25) is 4.79 Å². The molecule has 0 bridgehead atoms. The first-order chi connectivity index (χ1) is 9.25. The molecule has 0 saturated carbocycles. The third-order valence-corrected chi connectivity index (χ3v) is 3.32. The molecule has 2 rings (SSSR count). The smallest absolute Gasteiger partial charge is 0.310 e. The van der Waals surface area contributed by atoms with E-state index in [-0.39, 0.29) is 5.92 Å². The van der Waals surface area contributed by atoms with E-state index in [9.17, 15) is 9.90 Å². The normalized spacial score (nSPS) is 37.0. The number of ether oxygens (including phenoxy) is 4. The van der Waals surface area contributed by atoms with Gasteiger partial charge in [0, 0.05) is 0 Å². The van der Waals surface area contributed by atoms with Gasteiger partial charge in [-0.05, 0) is 13.8 Å². The van der Waals surface area contributed by atoms with Crippen molar-refractivity contribution in [2.75, 3.05) is 6.61 Å². The van der Waals surface area contributed by atoms with Crippen molar-refractivity contribution < 1.29 is 34.0 Å². The summed E-state index contributed by atoms with van der Waals surface area (Å²) in [5.74, 6) is -1.56. The van der Waals surface area contributed by atoms with Crippen molar-refractivity contribution in [3.63, 3.8) is 0 Å². The third kappa shape index (κ3) is 2.96. The third-order valence-electron chi connectivity index (χ3n) is 3.32. The Hall–Kier alpha value is -0.730. The number of esters is 1. The highest BCUT2D eigenvalue weighted by atomic mass is 16.8. The van der Waals surface area contributed by atoms with E-state index >= 15 is 0 Å². The van der Waals surface area contributed by atoms with E-state index in [1.54, 1.807) is 27.7 Å². The van der Waals surface area contributed by atoms with Gasteiger partial charge < -0.3 is 29.2 Å². The molecule has 20 heavy (non-hydrogen) atoms. The van der Waals surface area contributed by atoms with Crippen LogP contribution < -0.4 is 0 Å². The molecular weight excluding hydrogens is 268 g/mol. The Bertz CT molecular complexity index is 368. The Morgan fingerprint density at radius 2 is 1.90 bits per heavy atom. The van der Waals surface area contributed by atoms with E-state index < -0.39 is 49.1 Å². The van der Waals surface area contributed by atoms with E-state index in [0.717, 1.165) is 0 Å². The zero-order valence-electron chi connectivity index (χ0n) is 12.1. The molecule has 2 heterocycles. The van der Waals surface area contributed by atoms with Gasteiger partial charge in [0.2, 0.25) is 6.29 Å². The second-order valence-corrected chi connectivity index (χ2v) is 5.88. The van der Waals surface area contributed by atoms with Gasteiger partial charge in [-0.2, -0.15) is 0 Å². The molecular formula is C13H22O7. The number of hydrogen-bond donors (Lipinski definition) is 2. The van der Waals surface area contributed by atoms with Gasteiger partial charge in [0.05, 0.1) is 12.5 Å². The first kappa shape index (κ1) is 15.7. The van der Waals surface area contributed by atoms with E-state index in [4.69, 9.17) is 24.1 Å².